The maximum Gasteiger partial charge on any atom is 0.326 e. The molecule has 134 heavy (non-hydrogen) atoms. The van der Waals surface area contributed by atoms with Crippen LogP contribution < -0.4 is 74.4 Å². The van der Waals surface area contributed by atoms with Crippen molar-refractivity contribution in [2.75, 3.05) is 78.5 Å². The summed E-state index contributed by atoms with van der Waals surface area (Å²) in [5.74, 6) is -10.1. The van der Waals surface area contributed by atoms with Crippen molar-refractivity contribution in [2.45, 2.75) is 274 Å². The van der Waals surface area contributed by atoms with Crippen LogP contribution in [-0.4, -0.2) is 263 Å². The van der Waals surface area contributed by atoms with Gasteiger partial charge >= 0.3 is 41.9 Å². The van der Waals surface area contributed by atoms with Gasteiger partial charge in [-0.3, -0.25) is 57.5 Å². The largest absolute Gasteiger partial charge is 0.481 e. The Labute approximate surface area is 784 Å². The highest BCUT2D eigenvalue weighted by Gasteiger charge is 2.32. The van der Waals surface area contributed by atoms with Gasteiger partial charge in [-0.05, 0) is 145 Å². The van der Waals surface area contributed by atoms with E-state index in [1.54, 1.807) is 16.7 Å². The predicted molar refractivity (Wildman–Crippen MR) is 500 cm³/mol. The third-order valence-corrected chi connectivity index (χ3v) is 22.5. The fraction of sp³-hybridized carbons (Fsp3) is 0.573. The molecule has 4 aromatic carbocycles. The van der Waals surface area contributed by atoms with Crippen molar-refractivity contribution in [1.29, 1.82) is 0 Å². The zero-order chi connectivity index (χ0) is 97.5. The molecule has 0 aromatic heterocycles. The van der Waals surface area contributed by atoms with Gasteiger partial charge in [0.1, 0.15) is 42.3 Å². The van der Waals surface area contributed by atoms with Crippen LogP contribution in [0.25, 0.3) is 0 Å². The quantitative estimate of drug-likeness (QED) is 0.0245. The van der Waals surface area contributed by atoms with Crippen molar-refractivity contribution in [2.24, 2.45) is 0 Å². The van der Waals surface area contributed by atoms with Crippen LogP contribution in [0.2, 0.25) is 0 Å². The summed E-state index contributed by atoms with van der Waals surface area (Å²) in [6, 6.07) is 26.2. The topological polar surface area (TPSA) is 566 Å². The molecule has 1 aliphatic rings. The number of carbonyl (C=O) groups is 17. The van der Waals surface area contributed by atoms with Crippen molar-refractivity contribution >= 4 is 101 Å². The number of unbranched alkanes of at least 4 members (excludes halogenated alkanes) is 10. The maximum atomic E-state index is 14.4. The standard InChI is InChI=1S/C96H142N16O22/c1-68(103-95(133)109-74(93(129)130)48-50-86(119)120)32-22-26-54-99-80(113)42-20-4-2-6-24-56-101-88(123)76(64-69-33-12-8-13-34-69)106-90(125)78(66-71-37-16-10-17-38-71)104-82(115)44-28-46-84(117)111-60-31-61-112(63-59-98-53-30-52-97-58-62-111)85(118)47-29-45-83(116)105-79(67-72-39-18-11-19-40-72)91(126)107-77(65-70-35-14-9-15-36-70)89(124)102-57-25-7-3-5-21-43-81(114)100-55-27-23-41-73(92(127)128)108-96(134)110-75(94(131)132)49-51-87(121)122/h8-19,33-40,68,73-79,97-98H,2-7,20-32,41-67H2,1H3,(H,99,113)(H,100,114)(H,101,123)(H,102,124)(H,104,115)(H,105,116)(H,106,125)(H,107,126)(H,119,120)(H,121,122)(H,127,128)(H,129,130)(H,131,132)(H2,103,109,133)(H2,108,110,134). The van der Waals surface area contributed by atoms with Gasteiger partial charge in [-0.2, -0.15) is 0 Å². The number of rotatable bonds is 63. The molecule has 14 amide bonds. The summed E-state index contributed by atoms with van der Waals surface area (Å²) >= 11 is 0. The molecule has 5 rings (SSSR count). The van der Waals surface area contributed by atoms with E-state index in [1.165, 1.54) is 0 Å². The molecule has 738 valence electrons. The molecule has 4 aromatic rings. The number of nitrogens with one attached hydrogen (secondary N) is 14. The summed E-state index contributed by atoms with van der Waals surface area (Å²) in [4.78, 5) is 223. The van der Waals surface area contributed by atoms with Crippen molar-refractivity contribution in [3.63, 3.8) is 0 Å². The zero-order valence-corrected chi connectivity index (χ0v) is 77.3. The lowest BCUT2D eigenvalue weighted by molar-refractivity contribution is -0.142. The minimum Gasteiger partial charge on any atom is -0.481 e. The molecule has 38 heteroatoms. The van der Waals surface area contributed by atoms with Crippen LogP contribution >= 0.6 is 0 Å². The van der Waals surface area contributed by atoms with Gasteiger partial charge in [-0.1, -0.05) is 160 Å². The van der Waals surface area contributed by atoms with Crippen LogP contribution in [0.3, 0.4) is 0 Å². The van der Waals surface area contributed by atoms with Crippen molar-refractivity contribution in [1.82, 2.24) is 84.2 Å². The van der Waals surface area contributed by atoms with Crippen LogP contribution in [0.5, 0.6) is 0 Å². The van der Waals surface area contributed by atoms with E-state index in [1.807, 2.05) is 121 Å². The molecule has 0 saturated carbocycles. The lowest BCUT2D eigenvalue weighted by Gasteiger charge is -2.27. The Bertz CT molecular complexity index is 4250. The Morgan fingerprint density at radius 3 is 0.963 bits per heavy atom. The number of urea groups is 2. The second-order valence-electron chi connectivity index (χ2n) is 33.8. The summed E-state index contributed by atoms with van der Waals surface area (Å²) in [7, 11) is 0. The molecule has 1 aliphatic heterocycles. The smallest absolute Gasteiger partial charge is 0.326 e. The number of carboxylic acids is 5. The number of benzene rings is 4. The monoisotopic (exact) mass is 1870 g/mol. The summed E-state index contributed by atoms with van der Waals surface area (Å²) < 4.78 is 0. The van der Waals surface area contributed by atoms with Crippen LogP contribution in [0, 0.1) is 0 Å². The fourth-order valence-electron chi connectivity index (χ4n) is 15.0. The number of carbonyl (C=O) groups excluding carboxylic acids is 12. The van der Waals surface area contributed by atoms with E-state index in [4.69, 9.17) is 10.2 Å². The molecule has 1 fully saturated rings. The Kier molecular flexibility index (Phi) is 55.7. The van der Waals surface area contributed by atoms with E-state index in [9.17, 15) is 96.8 Å². The predicted octanol–water partition coefficient (Wildman–Crippen LogP) is 5.43. The van der Waals surface area contributed by atoms with E-state index in [-0.39, 0.29) is 120 Å². The number of nitrogens with zero attached hydrogens (tertiary/aromatic N) is 2. The lowest BCUT2D eigenvalue weighted by Crippen LogP contribution is -2.55. The Morgan fingerprint density at radius 1 is 0.284 bits per heavy atom. The Hall–Kier alpha value is -12.6. The lowest BCUT2D eigenvalue weighted by atomic mass is 10.0. The first-order valence-corrected chi connectivity index (χ1v) is 47.2. The molecule has 38 nitrogen and oxygen atoms in total. The third kappa shape index (κ3) is 50.9. The van der Waals surface area contributed by atoms with Gasteiger partial charge < -0.3 is 110 Å². The maximum absolute atomic E-state index is 14.4. The number of hydrogen-bond donors (Lipinski definition) is 19. The van der Waals surface area contributed by atoms with Gasteiger partial charge in [0.15, 0.2) is 0 Å². The first kappa shape index (κ1) is 112. The molecular weight excluding hydrogens is 1730 g/mol. The Morgan fingerprint density at radius 2 is 0.597 bits per heavy atom. The highest BCUT2D eigenvalue weighted by Crippen LogP contribution is 2.16. The van der Waals surface area contributed by atoms with E-state index >= 15 is 0 Å². The summed E-state index contributed by atoms with van der Waals surface area (Å²) in [6.07, 6.45) is 10.7. The van der Waals surface area contributed by atoms with Crippen LogP contribution in [0.1, 0.15) is 222 Å². The summed E-state index contributed by atoms with van der Waals surface area (Å²) in [5.41, 5.74) is 3.11. The first-order valence-electron chi connectivity index (χ1n) is 47.2. The molecule has 1 heterocycles. The molecule has 8 unspecified atom stereocenters. The van der Waals surface area contributed by atoms with Gasteiger partial charge in [-0.15, -0.1) is 0 Å². The average Bonchev–Trinajstić information content (AvgIpc) is 0.861. The molecule has 0 aliphatic carbocycles. The minimum absolute atomic E-state index is 0.0126. The van der Waals surface area contributed by atoms with Crippen LogP contribution in [-0.2, 0) is 97.6 Å². The third-order valence-electron chi connectivity index (χ3n) is 22.5. The van der Waals surface area contributed by atoms with Gasteiger partial charge in [0, 0.05) is 149 Å². The first-order chi connectivity index (χ1) is 64.5. The zero-order valence-electron chi connectivity index (χ0n) is 77.3. The van der Waals surface area contributed by atoms with Crippen LogP contribution in [0.15, 0.2) is 121 Å². The summed E-state index contributed by atoms with van der Waals surface area (Å²) in [5, 5.41) is 85.3. The minimum atomic E-state index is -1.53. The van der Waals surface area contributed by atoms with Gasteiger partial charge in [0.2, 0.25) is 59.1 Å². The number of carboxylic acid groups (broad SMARTS) is 5. The fourth-order valence-corrected chi connectivity index (χ4v) is 15.0. The molecule has 0 bridgehead atoms. The van der Waals surface area contributed by atoms with E-state index in [2.05, 4.69) is 74.4 Å². The van der Waals surface area contributed by atoms with Crippen LogP contribution in [0.4, 0.5) is 9.59 Å². The molecule has 0 spiro atoms. The van der Waals surface area contributed by atoms with E-state index in [0.717, 1.165) is 67.2 Å². The van der Waals surface area contributed by atoms with Crippen molar-refractivity contribution in [3.05, 3.63) is 144 Å². The molecule has 19 N–H and O–H groups in total. The van der Waals surface area contributed by atoms with Gasteiger partial charge in [-0.25, -0.2) is 24.0 Å². The molecule has 0 radical (unpaired) electrons. The number of aliphatic carboxylic acids is 5. The number of hydrogen-bond acceptors (Lipinski definition) is 19. The number of amides is 14. The average molecular weight is 1870 g/mol. The van der Waals surface area contributed by atoms with E-state index in [0.29, 0.717) is 143 Å². The second kappa shape index (κ2) is 66.7. The van der Waals surface area contributed by atoms with Gasteiger partial charge in [0.25, 0.3) is 0 Å². The Balaban J connectivity index is 1.05. The second-order valence-corrected chi connectivity index (χ2v) is 33.8. The van der Waals surface area contributed by atoms with E-state index < -0.39 is 139 Å². The normalized spacial score (nSPS) is 14.2. The van der Waals surface area contributed by atoms with Gasteiger partial charge in [0.05, 0.1) is 0 Å². The molecule has 1 saturated heterocycles. The highest BCUT2D eigenvalue weighted by molar-refractivity contribution is 5.94. The molecule has 8 atom stereocenters. The highest BCUT2D eigenvalue weighted by atomic mass is 16.4. The molecular formula is C96H142N16O22. The summed E-state index contributed by atoms with van der Waals surface area (Å²) in [6.45, 7) is 6.83. The van der Waals surface area contributed by atoms with Crippen molar-refractivity contribution in [3.8, 4) is 0 Å². The van der Waals surface area contributed by atoms with Crippen molar-refractivity contribution < 1.29 is 107 Å². The SMILES string of the molecule is CC(CCCCNC(=O)CCCCCCCNC(=O)C(Cc1ccccc1)NC(=O)C(Cc1ccccc1)NC(=O)CCCC(=O)N1CCCN(C(=O)CCCC(=O)NC(Cc2ccccc2)C(=O)NC(Cc2ccccc2)C(=O)NCCCCCCCC(=O)NCCCCC(NC(=O)NC(CCC(=O)O)C(=O)O)C(=O)O)CCNCCCNCC1)NC(=O)NC(CCC(=O)O)C(=O)O.